The highest BCUT2D eigenvalue weighted by Gasteiger charge is 2.25. The molecule has 1 aliphatic rings. The Kier molecular flexibility index (Phi) is 3.14. The smallest absolute Gasteiger partial charge is 0.0449 e. The van der Waals surface area contributed by atoms with E-state index in [2.05, 4.69) is 17.1 Å². The summed E-state index contributed by atoms with van der Waals surface area (Å²) in [6, 6.07) is 6.13. The van der Waals surface area contributed by atoms with Gasteiger partial charge in [-0.2, -0.15) is 0 Å². The lowest BCUT2D eigenvalue weighted by atomic mass is 9.88. The van der Waals surface area contributed by atoms with Gasteiger partial charge in [0.15, 0.2) is 0 Å². The Morgan fingerprint density at radius 2 is 2.14 bits per heavy atom. The van der Waals surface area contributed by atoms with Gasteiger partial charge >= 0.3 is 0 Å². The van der Waals surface area contributed by atoms with Crippen LogP contribution in [0.25, 0.3) is 0 Å². The van der Waals surface area contributed by atoms with Crippen LogP contribution in [0.1, 0.15) is 37.3 Å². The minimum atomic E-state index is 0.485. The summed E-state index contributed by atoms with van der Waals surface area (Å²) >= 11 is 0. The maximum absolute atomic E-state index is 5.84. The minimum Gasteiger partial charge on any atom is -0.330 e. The Balaban J connectivity index is 2.12. The molecule has 0 spiro atoms. The Labute approximate surface area is 85.5 Å². The summed E-state index contributed by atoms with van der Waals surface area (Å²) in [4.78, 5) is 4.41. The van der Waals surface area contributed by atoms with Crippen molar-refractivity contribution >= 4 is 0 Å². The van der Waals surface area contributed by atoms with E-state index in [1.807, 2.05) is 12.3 Å². The molecule has 2 rings (SSSR count). The molecule has 0 radical (unpaired) electrons. The molecule has 0 saturated heterocycles. The fourth-order valence-corrected chi connectivity index (χ4v) is 2.51. The zero-order valence-corrected chi connectivity index (χ0v) is 8.52. The van der Waals surface area contributed by atoms with Gasteiger partial charge in [0.1, 0.15) is 0 Å². The molecule has 14 heavy (non-hydrogen) atoms. The quantitative estimate of drug-likeness (QED) is 0.794. The lowest BCUT2D eigenvalue weighted by Crippen LogP contribution is -2.20. The molecule has 1 aromatic rings. The topological polar surface area (TPSA) is 38.9 Å². The van der Waals surface area contributed by atoms with Gasteiger partial charge in [-0.25, -0.2) is 0 Å². The van der Waals surface area contributed by atoms with Gasteiger partial charge in [0.25, 0.3) is 0 Å². The molecule has 1 unspecified atom stereocenters. The van der Waals surface area contributed by atoms with Gasteiger partial charge in [0, 0.05) is 24.4 Å². The van der Waals surface area contributed by atoms with E-state index in [1.165, 1.54) is 31.4 Å². The predicted molar refractivity (Wildman–Crippen MR) is 58.0 cm³/mol. The molecule has 1 aromatic heterocycles. The second-order valence-corrected chi connectivity index (χ2v) is 4.14. The molecule has 2 nitrogen and oxygen atoms in total. The summed E-state index contributed by atoms with van der Waals surface area (Å²) in [6.07, 6.45) is 7.27. The van der Waals surface area contributed by atoms with Crippen molar-refractivity contribution in [3.8, 4) is 0 Å². The average molecular weight is 190 g/mol. The van der Waals surface area contributed by atoms with Gasteiger partial charge in [0.05, 0.1) is 0 Å². The van der Waals surface area contributed by atoms with Crippen molar-refractivity contribution in [2.45, 2.75) is 31.6 Å². The van der Waals surface area contributed by atoms with Gasteiger partial charge in [0.2, 0.25) is 0 Å². The van der Waals surface area contributed by atoms with Crippen molar-refractivity contribution in [2.24, 2.45) is 11.7 Å². The first-order chi connectivity index (χ1) is 6.92. The van der Waals surface area contributed by atoms with E-state index in [1.54, 1.807) is 0 Å². The van der Waals surface area contributed by atoms with Crippen LogP contribution < -0.4 is 5.73 Å². The van der Waals surface area contributed by atoms with Crippen LogP contribution in [0.5, 0.6) is 0 Å². The number of hydrogen-bond donors (Lipinski definition) is 1. The lowest BCUT2D eigenvalue weighted by Gasteiger charge is -2.20. The van der Waals surface area contributed by atoms with E-state index in [0.29, 0.717) is 5.92 Å². The van der Waals surface area contributed by atoms with Crippen molar-refractivity contribution < 1.29 is 0 Å². The van der Waals surface area contributed by atoms with E-state index in [0.717, 1.165) is 12.5 Å². The summed E-state index contributed by atoms with van der Waals surface area (Å²) in [5.74, 6) is 1.26. The molecular formula is C12H18N2. The highest BCUT2D eigenvalue weighted by Crippen LogP contribution is 2.35. The fraction of sp³-hybridized carbons (Fsp3) is 0.583. The second kappa shape index (κ2) is 4.56. The summed E-state index contributed by atoms with van der Waals surface area (Å²) in [5, 5.41) is 0. The first-order valence-corrected chi connectivity index (χ1v) is 5.53. The molecule has 2 N–H and O–H groups in total. The first kappa shape index (κ1) is 9.66. The average Bonchev–Trinajstić information content (AvgIpc) is 2.74. The third-order valence-electron chi connectivity index (χ3n) is 3.29. The largest absolute Gasteiger partial charge is 0.330 e. The summed E-state index contributed by atoms with van der Waals surface area (Å²) in [7, 11) is 0. The number of aromatic nitrogens is 1. The molecule has 1 fully saturated rings. The van der Waals surface area contributed by atoms with Crippen LogP contribution in [-0.4, -0.2) is 11.5 Å². The van der Waals surface area contributed by atoms with Gasteiger partial charge in [-0.1, -0.05) is 18.9 Å². The van der Waals surface area contributed by atoms with E-state index in [-0.39, 0.29) is 0 Å². The number of rotatable bonds is 3. The van der Waals surface area contributed by atoms with Crippen molar-refractivity contribution in [3.63, 3.8) is 0 Å². The molecule has 0 bridgehead atoms. The lowest BCUT2D eigenvalue weighted by molar-refractivity contribution is 0.432. The second-order valence-electron chi connectivity index (χ2n) is 4.14. The van der Waals surface area contributed by atoms with Crippen LogP contribution in [0, 0.1) is 5.92 Å². The SMILES string of the molecule is NCC(c1ccccn1)C1CCCC1. The van der Waals surface area contributed by atoms with Gasteiger partial charge < -0.3 is 5.73 Å². The summed E-state index contributed by atoms with van der Waals surface area (Å²) in [6.45, 7) is 0.738. The molecule has 0 aromatic carbocycles. The Morgan fingerprint density at radius 3 is 2.71 bits per heavy atom. The van der Waals surface area contributed by atoms with Crippen molar-refractivity contribution in [2.75, 3.05) is 6.54 Å². The highest BCUT2D eigenvalue weighted by molar-refractivity contribution is 5.11. The molecule has 1 atom stereocenters. The fourth-order valence-electron chi connectivity index (χ4n) is 2.51. The van der Waals surface area contributed by atoms with Crippen molar-refractivity contribution in [1.82, 2.24) is 4.98 Å². The van der Waals surface area contributed by atoms with Crippen molar-refractivity contribution in [1.29, 1.82) is 0 Å². The highest BCUT2D eigenvalue weighted by atomic mass is 14.7. The Hall–Kier alpha value is -0.890. The normalized spacial score (nSPS) is 19.8. The van der Waals surface area contributed by atoms with Crippen LogP contribution in [-0.2, 0) is 0 Å². The monoisotopic (exact) mass is 190 g/mol. The molecule has 1 aliphatic carbocycles. The number of hydrogen-bond acceptors (Lipinski definition) is 2. The molecule has 2 heteroatoms. The van der Waals surface area contributed by atoms with E-state index >= 15 is 0 Å². The third kappa shape index (κ3) is 1.95. The molecule has 0 amide bonds. The van der Waals surface area contributed by atoms with Crippen LogP contribution in [0.2, 0.25) is 0 Å². The zero-order valence-electron chi connectivity index (χ0n) is 8.52. The standard InChI is InChI=1S/C12H18N2/c13-9-11(10-5-1-2-6-10)12-7-3-4-8-14-12/h3-4,7-8,10-11H,1-2,5-6,9,13H2. The van der Waals surface area contributed by atoms with Gasteiger partial charge in [-0.15, -0.1) is 0 Å². The number of nitrogens with two attached hydrogens (primary N) is 1. The molecule has 1 saturated carbocycles. The van der Waals surface area contributed by atoms with E-state index < -0.39 is 0 Å². The number of nitrogens with zero attached hydrogens (tertiary/aromatic N) is 1. The van der Waals surface area contributed by atoms with E-state index in [4.69, 9.17) is 5.73 Å². The summed E-state index contributed by atoms with van der Waals surface area (Å²) in [5.41, 5.74) is 7.03. The minimum absolute atomic E-state index is 0.485. The Morgan fingerprint density at radius 1 is 1.36 bits per heavy atom. The summed E-state index contributed by atoms with van der Waals surface area (Å²) < 4.78 is 0. The number of pyridine rings is 1. The molecule has 76 valence electrons. The maximum Gasteiger partial charge on any atom is 0.0449 e. The predicted octanol–water partition coefficient (Wildman–Crippen LogP) is 2.31. The maximum atomic E-state index is 5.84. The van der Waals surface area contributed by atoms with Gasteiger partial charge in [-0.3, -0.25) is 4.98 Å². The van der Waals surface area contributed by atoms with Crippen LogP contribution in [0.4, 0.5) is 0 Å². The Bertz CT molecular complexity index is 265. The van der Waals surface area contributed by atoms with Crippen molar-refractivity contribution in [3.05, 3.63) is 30.1 Å². The molecular weight excluding hydrogens is 172 g/mol. The van der Waals surface area contributed by atoms with Crippen LogP contribution in [0.3, 0.4) is 0 Å². The molecule has 1 heterocycles. The van der Waals surface area contributed by atoms with Crippen LogP contribution in [0.15, 0.2) is 24.4 Å². The van der Waals surface area contributed by atoms with E-state index in [9.17, 15) is 0 Å². The van der Waals surface area contributed by atoms with Gasteiger partial charge in [-0.05, 0) is 30.9 Å². The molecule has 0 aliphatic heterocycles. The van der Waals surface area contributed by atoms with Crippen LogP contribution >= 0.6 is 0 Å². The zero-order chi connectivity index (χ0) is 9.80. The third-order valence-corrected chi connectivity index (χ3v) is 3.29. The first-order valence-electron chi connectivity index (χ1n) is 5.53.